The Morgan fingerprint density at radius 3 is 2.50 bits per heavy atom. The molecule has 0 aromatic heterocycles. The molecule has 1 aliphatic heterocycles. The smallest absolute Gasteiger partial charge is 0.234 e. The van der Waals surface area contributed by atoms with Crippen LogP contribution in [0, 0.1) is 18.3 Å². The maximum atomic E-state index is 12.5. The van der Waals surface area contributed by atoms with Crippen molar-refractivity contribution in [3.63, 3.8) is 0 Å². The topological polar surface area (TPSA) is 29.5 Å². The minimum absolute atomic E-state index is 0.0258. The fourth-order valence-electron chi connectivity index (χ4n) is 2.94. The average Bonchev–Trinajstić information content (AvgIpc) is 2.64. The molecule has 2 atom stereocenters. The summed E-state index contributed by atoms with van der Waals surface area (Å²) >= 11 is 0. The first-order valence-corrected chi connectivity index (χ1v) is 7.88. The van der Waals surface area contributed by atoms with Gasteiger partial charge in [-0.15, -0.1) is 12.3 Å². The largest absolute Gasteiger partial charge is 0.497 e. The lowest BCUT2D eigenvalue weighted by Crippen LogP contribution is -2.60. The van der Waals surface area contributed by atoms with Crippen LogP contribution >= 0.6 is 0 Å². The van der Waals surface area contributed by atoms with Gasteiger partial charge in [0.1, 0.15) is 5.75 Å². The van der Waals surface area contributed by atoms with E-state index in [9.17, 15) is 4.79 Å². The average molecular weight is 317 g/mol. The van der Waals surface area contributed by atoms with Crippen LogP contribution in [0.25, 0.3) is 6.08 Å². The molecule has 24 heavy (non-hydrogen) atoms. The van der Waals surface area contributed by atoms with Gasteiger partial charge in [0, 0.05) is 12.1 Å². The molecule has 0 N–H and O–H groups in total. The number of methoxy groups -OCH3 is 1. The molecule has 1 aliphatic rings. The third-order valence-corrected chi connectivity index (χ3v) is 4.24. The predicted octanol–water partition coefficient (Wildman–Crippen LogP) is 3.76. The number of nitrogens with zero attached hydrogens (tertiary/aromatic N) is 1. The molecule has 1 fully saturated rings. The number of amides is 1. The van der Waals surface area contributed by atoms with Crippen molar-refractivity contribution in [2.24, 2.45) is 5.92 Å². The van der Waals surface area contributed by atoms with Crippen molar-refractivity contribution in [2.45, 2.75) is 12.5 Å². The molecular formula is C21H19NO2. The molecule has 0 radical (unpaired) electrons. The van der Waals surface area contributed by atoms with Crippen molar-refractivity contribution in [3.8, 4) is 18.1 Å². The van der Waals surface area contributed by atoms with Gasteiger partial charge in [0.15, 0.2) is 0 Å². The van der Waals surface area contributed by atoms with E-state index in [2.05, 4.69) is 12.0 Å². The third-order valence-electron chi connectivity index (χ3n) is 4.24. The predicted molar refractivity (Wildman–Crippen MR) is 96.7 cm³/mol. The minimum atomic E-state index is -0.155. The van der Waals surface area contributed by atoms with E-state index in [1.165, 1.54) is 0 Å². The Morgan fingerprint density at radius 2 is 1.88 bits per heavy atom. The summed E-state index contributed by atoms with van der Waals surface area (Å²) in [6, 6.07) is 17.5. The Morgan fingerprint density at radius 1 is 1.17 bits per heavy atom. The SMILES string of the molecule is C#CC[C@H]1C(=O)N(c2ccc(OC)cc2)[C@H]1/C=C/c1ccccc1. The lowest BCUT2D eigenvalue weighted by atomic mass is 9.83. The van der Waals surface area contributed by atoms with Crippen molar-refractivity contribution in [1.82, 2.24) is 0 Å². The summed E-state index contributed by atoms with van der Waals surface area (Å²) < 4.78 is 5.18. The highest BCUT2D eigenvalue weighted by Crippen LogP contribution is 2.36. The summed E-state index contributed by atoms with van der Waals surface area (Å²) in [4.78, 5) is 14.3. The number of rotatable bonds is 5. The molecule has 3 rings (SSSR count). The number of hydrogen-bond donors (Lipinski definition) is 0. The highest BCUT2D eigenvalue weighted by Gasteiger charge is 2.45. The summed E-state index contributed by atoms with van der Waals surface area (Å²) in [7, 11) is 1.62. The fraction of sp³-hybridized carbons (Fsp3) is 0.190. The summed E-state index contributed by atoms with van der Waals surface area (Å²) in [5.74, 6) is 3.30. The Balaban J connectivity index is 1.85. The van der Waals surface area contributed by atoms with Crippen LogP contribution in [0.2, 0.25) is 0 Å². The van der Waals surface area contributed by atoms with E-state index < -0.39 is 0 Å². The van der Waals surface area contributed by atoms with Crippen LogP contribution in [0.15, 0.2) is 60.7 Å². The van der Waals surface area contributed by atoms with Gasteiger partial charge in [0.05, 0.1) is 19.1 Å². The number of β-lactam (4-membered cyclic amide) rings is 1. The first-order chi connectivity index (χ1) is 11.7. The van der Waals surface area contributed by atoms with Crippen molar-refractivity contribution >= 4 is 17.7 Å². The molecule has 0 aliphatic carbocycles. The Hall–Kier alpha value is -2.99. The molecule has 2 aromatic carbocycles. The molecule has 120 valence electrons. The quantitative estimate of drug-likeness (QED) is 0.621. The standard InChI is InChI=1S/C21H19NO2/c1-3-7-19-20(15-10-16-8-5-4-6-9-16)22(21(19)23)17-11-13-18(24-2)14-12-17/h1,4-6,8-15,19-20H,7H2,2H3/b15-10+/t19-,20+/m1/s1. The maximum absolute atomic E-state index is 12.5. The first kappa shape index (κ1) is 15.9. The lowest BCUT2D eigenvalue weighted by molar-refractivity contribution is -0.128. The van der Waals surface area contributed by atoms with Crippen LogP contribution in [0.1, 0.15) is 12.0 Å². The van der Waals surface area contributed by atoms with Crippen LogP contribution in [-0.2, 0) is 4.79 Å². The van der Waals surface area contributed by atoms with E-state index in [-0.39, 0.29) is 17.9 Å². The van der Waals surface area contributed by atoms with Gasteiger partial charge in [0.2, 0.25) is 5.91 Å². The van der Waals surface area contributed by atoms with Crippen molar-refractivity contribution in [3.05, 3.63) is 66.2 Å². The maximum Gasteiger partial charge on any atom is 0.234 e. The summed E-state index contributed by atoms with van der Waals surface area (Å²) in [6.45, 7) is 0. The number of ether oxygens (including phenoxy) is 1. The molecule has 1 saturated heterocycles. The number of benzene rings is 2. The minimum Gasteiger partial charge on any atom is -0.497 e. The number of terminal acetylenes is 1. The van der Waals surface area contributed by atoms with Crippen LogP contribution in [0.4, 0.5) is 5.69 Å². The number of hydrogen-bond acceptors (Lipinski definition) is 2. The molecule has 2 aromatic rings. The van der Waals surface area contributed by atoms with E-state index in [4.69, 9.17) is 11.2 Å². The zero-order chi connectivity index (χ0) is 16.9. The van der Waals surface area contributed by atoms with Crippen molar-refractivity contribution in [1.29, 1.82) is 0 Å². The van der Waals surface area contributed by atoms with Crippen molar-refractivity contribution < 1.29 is 9.53 Å². The second-order valence-electron chi connectivity index (χ2n) is 5.68. The van der Waals surface area contributed by atoms with Gasteiger partial charge in [0.25, 0.3) is 0 Å². The molecule has 0 saturated carbocycles. The fourth-order valence-corrected chi connectivity index (χ4v) is 2.94. The van der Waals surface area contributed by atoms with E-state index in [0.29, 0.717) is 6.42 Å². The van der Waals surface area contributed by atoms with E-state index in [0.717, 1.165) is 17.0 Å². The molecule has 0 spiro atoms. The molecule has 3 nitrogen and oxygen atoms in total. The van der Waals surface area contributed by atoms with Crippen LogP contribution in [0.5, 0.6) is 5.75 Å². The molecular weight excluding hydrogens is 298 g/mol. The number of carbonyl (C=O) groups excluding carboxylic acids is 1. The Bertz CT molecular complexity index is 772. The van der Waals surface area contributed by atoms with Crippen LogP contribution in [0.3, 0.4) is 0 Å². The monoisotopic (exact) mass is 317 g/mol. The van der Waals surface area contributed by atoms with Gasteiger partial charge in [-0.25, -0.2) is 0 Å². The van der Waals surface area contributed by atoms with Gasteiger partial charge in [-0.1, -0.05) is 42.5 Å². The number of anilines is 1. The summed E-state index contributed by atoms with van der Waals surface area (Å²) in [5, 5.41) is 0. The molecule has 0 unspecified atom stereocenters. The zero-order valence-corrected chi connectivity index (χ0v) is 13.6. The summed E-state index contributed by atoms with van der Waals surface area (Å²) in [5.41, 5.74) is 1.96. The zero-order valence-electron chi connectivity index (χ0n) is 13.6. The normalized spacial score (nSPS) is 19.8. The summed E-state index contributed by atoms with van der Waals surface area (Å²) in [6.07, 6.45) is 9.98. The molecule has 3 heteroatoms. The number of carbonyl (C=O) groups is 1. The second-order valence-corrected chi connectivity index (χ2v) is 5.68. The Kier molecular flexibility index (Phi) is 4.67. The lowest BCUT2D eigenvalue weighted by Gasteiger charge is -2.45. The van der Waals surface area contributed by atoms with Gasteiger partial charge in [-0.3, -0.25) is 4.79 Å². The van der Waals surface area contributed by atoms with Gasteiger partial charge in [-0.2, -0.15) is 0 Å². The molecule has 0 bridgehead atoms. The molecule has 1 amide bonds. The van der Waals surface area contributed by atoms with E-state index >= 15 is 0 Å². The van der Waals surface area contributed by atoms with Crippen LogP contribution in [-0.4, -0.2) is 19.1 Å². The van der Waals surface area contributed by atoms with Gasteiger partial charge in [-0.05, 0) is 29.8 Å². The van der Waals surface area contributed by atoms with Crippen molar-refractivity contribution in [2.75, 3.05) is 12.0 Å². The van der Waals surface area contributed by atoms with Gasteiger partial charge >= 0.3 is 0 Å². The van der Waals surface area contributed by atoms with Crippen LogP contribution < -0.4 is 9.64 Å². The van der Waals surface area contributed by atoms with E-state index in [1.807, 2.05) is 60.7 Å². The first-order valence-electron chi connectivity index (χ1n) is 7.88. The van der Waals surface area contributed by atoms with E-state index in [1.54, 1.807) is 12.0 Å². The Labute approximate surface area is 142 Å². The van der Waals surface area contributed by atoms with Gasteiger partial charge < -0.3 is 9.64 Å². The highest BCUT2D eigenvalue weighted by atomic mass is 16.5. The third kappa shape index (κ3) is 3.04. The molecule has 1 heterocycles. The highest BCUT2D eigenvalue weighted by molar-refractivity contribution is 6.04. The second kappa shape index (κ2) is 7.06.